The Hall–Kier alpha value is -2.03. The van der Waals surface area contributed by atoms with Crippen LogP contribution in [0.4, 0.5) is 0 Å². The predicted molar refractivity (Wildman–Crippen MR) is 91.0 cm³/mol. The quantitative estimate of drug-likeness (QED) is 0.651. The number of nitrogens with zero attached hydrogens (tertiary/aromatic N) is 3. The largest absolute Gasteiger partial charge is 0.394 e. The number of hydrogen-bond donors (Lipinski definition) is 3. The first-order chi connectivity index (χ1) is 12.1. The van der Waals surface area contributed by atoms with E-state index in [1.54, 1.807) is 10.8 Å². The van der Waals surface area contributed by atoms with Crippen LogP contribution < -0.4 is 0 Å². The molecule has 130 valence electrons. The third-order valence-electron chi connectivity index (χ3n) is 4.40. The average Bonchev–Trinajstić information content (AvgIpc) is 3.13. The summed E-state index contributed by atoms with van der Waals surface area (Å²) in [6.07, 6.45) is -1.17. The van der Waals surface area contributed by atoms with E-state index in [1.165, 1.54) is 6.33 Å². The Morgan fingerprint density at radius 2 is 1.88 bits per heavy atom. The van der Waals surface area contributed by atoms with Crippen molar-refractivity contribution in [3.63, 3.8) is 0 Å². The Labute approximate surface area is 148 Å². The second kappa shape index (κ2) is 6.36. The Morgan fingerprint density at radius 3 is 2.56 bits per heavy atom. The highest BCUT2D eigenvalue weighted by molar-refractivity contribution is 6.36. The molecule has 7 nitrogen and oxygen atoms in total. The van der Waals surface area contributed by atoms with E-state index in [2.05, 4.69) is 9.97 Å². The highest BCUT2D eigenvalue weighted by Gasteiger charge is 2.44. The van der Waals surface area contributed by atoms with Crippen LogP contribution in [0.3, 0.4) is 0 Å². The maximum Gasteiger partial charge on any atom is 0.164 e. The van der Waals surface area contributed by atoms with Gasteiger partial charge >= 0.3 is 0 Å². The number of fused-ring (bicyclic) bond motifs is 1. The van der Waals surface area contributed by atoms with E-state index in [0.29, 0.717) is 21.7 Å². The van der Waals surface area contributed by atoms with E-state index < -0.39 is 31.1 Å². The summed E-state index contributed by atoms with van der Waals surface area (Å²) in [6, 6.07) is 9.55. The molecular weight excluding hydrogens is 346 g/mol. The first kappa shape index (κ1) is 16.4. The Balaban J connectivity index is 1.86. The maximum atomic E-state index is 10.3. The van der Waals surface area contributed by atoms with Gasteiger partial charge in [0.2, 0.25) is 0 Å². The molecule has 1 aliphatic rings. The monoisotopic (exact) mass is 361 g/mol. The van der Waals surface area contributed by atoms with Gasteiger partial charge in [0.25, 0.3) is 0 Å². The minimum Gasteiger partial charge on any atom is -0.394 e. The van der Waals surface area contributed by atoms with E-state index in [0.717, 1.165) is 5.56 Å². The number of halogens is 1. The fourth-order valence-electron chi connectivity index (χ4n) is 3.16. The molecule has 0 amide bonds. The van der Waals surface area contributed by atoms with Crippen LogP contribution in [0, 0.1) is 0 Å². The first-order valence-corrected chi connectivity index (χ1v) is 8.18. The molecule has 1 fully saturated rings. The SMILES string of the molecule is OC[C@H]1O[C@@H](n2cc(Cl)c3c(-c4ccccc4)ncnc32)C(O)[C@@H]1O. The van der Waals surface area contributed by atoms with Crippen LogP contribution in [0.25, 0.3) is 22.3 Å². The third-order valence-corrected chi connectivity index (χ3v) is 4.69. The number of aromatic nitrogens is 3. The van der Waals surface area contributed by atoms with Crippen molar-refractivity contribution < 1.29 is 20.1 Å². The van der Waals surface area contributed by atoms with Crippen LogP contribution >= 0.6 is 11.6 Å². The molecule has 0 bridgehead atoms. The molecule has 1 aromatic carbocycles. The van der Waals surface area contributed by atoms with Crippen molar-refractivity contribution in [2.45, 2.75) is 24.5 Å². The zero-order valence-electron chi connectivity index (χ0n) is 13.0. The number of hydrogen-bond acceptors (Lipinski definition) is 6. The zero-order valence-corrected chi connectivity index (χ0v) is 13.8. The fraction of sp³-hybridized carbons (Fsp3) is 0.294. The summed E-state index contributed by atoms with van der Waals surface area (Å²) >= 11 is 6.42. The van der Waals surface area contributed by atoms with Gasteiger partial charge in [0.1, 0.15) is 30.3 Å². The van der Waals surface area contributed by atoms with Crippen LogP contribution in [0.2, 0.25) is 5.02 Å². The van der Waals surface area contributed by atoms with Crippen molar-refractivity contribution in [2.24, 2.45) is 0 Å². The van der Waals surface area contributed by atoms with Gasteiger partial charge in [0.05, 0.1) is 22.7 Å². The summed E-state index contributed by atoms with van der Waals surface area (Å²) in [4.78, 5) is 8.62. The number of rotatable bonds is 3. The number of aliphatic hydroxyl groups excluding tert-OH is 3. The number of benzene rings is 1. The summed E-state index contributed by atoms with van der Waals surface area (Å²) in [5.74, 6) is 0. The smallest absolute Gasteiger partial charge is 0.164 e. The summed E-state index contributed by atoms with van der Waals surface area (Å²) in [5.41, 5.74) is 2.03. The van der Waals surface area contributed by atoms with Crippen molar-refractivity contribution in [3.05, 3.63) is 47.9 Å². The van der Waals surface area contributed by atoms with Crippen molar-refractivity contribution in [3.8, 4) is 11.3 Å². The first-order valence-electron chi connectivity index (χ1n) is 7.80. The van der Waals surface area contributed by atoms with Gasteiger partial charge in [0, 0.05) is 11.8 Å². The average molecular weight is 362 g/mol. The molecule has 4 atom stereocenters. The normalized spacial score (nSPS) is 26.4. The lowest BCUT2D eigenvalue weighted by atomic mass is 10.1. The van der Waals surface area contributed by atoms with Crippen LogP contribution in [0.5, 0.6) is 0 Å². The summed E-state index contributed by atoms with van der Waals surface area (Å²) < 4.78 is 7.15. The Bertz CT molecular complexity index is 902. The number of ether oxygens (including phenoxy) is 1. The molecule has 1 saturated heterocycles. The lowest BCUT2D eigenvalue weighted by Crippen LogP contribution is -2.33. The van der Waals surface area contributed by atoms with Gasteiger partial charge in [-0.3, -0.25) is 0 Å². The van der Waals surface area contributed by atoms with Crippen molar-refractivity contribution in [1.82, 2.24) is 14.5 Å². The van der Waals surface area contributed by atoms with Gasteiger partial charge < -0.3 is 24.6 Å². The highest BCUT2D eigenvalue weighted by atomic mass is 35.5. The lowest BCUT2D eigenvalue weighted by molar-refractivity contribution is -0.0508. The van der Waals surface area contributed by atoms with Crippen molar-refractivity contribution >= 4 is 22.6 Å². The van der Waals surface area contributed by atoms with Gasteiger partial charge in [-0.25, -0.2) is 9.97 Å². The Kier molecular flexibility index (Phi) is 4.18. The van der Waals surface area contributed by atoms with Crippen LogP contribution in [0.1, 0.15) is 6.23 Å². The van der Waals surface area contributed by atoms with E-state index in [4.69, 9.17) is 16.3 Å². The number of aliphatic hydroxyl groups is 3. The molecule has 0 saturated carbocycles. The van der Waals surface area contributed by atoms with Gasteiger partial charge in [-0.15, -0.1) is 0 Å². The topological polar surface area (TPSA) is 101 Å². The lowest BCUT2D eigenvalue weighted by Gasteiger charge is -2.17. The summed E-state index contributed by atoms with van der Waals surface area (Å²) in [6.45, 7) is -0.397. The summed E-state index contributed by atoms with van der Waals surface area (Å²) in [5, 5.41) is 30.6. The van der Waals surface area contributed by atoms with Crippen LogP contribution in [-0.4, -0.2) is 54.8 Å². The van der Waals surface area contributed by atoms with Crippen molar-refractivity contribution in [1.29, 1.82) is 0 Å². The fourth-order valence-corrected chi connectivity index (χ4v) is 3.44. The van der Waals surface area contributed by atoms with E-state index >= 15 is 0 Å². The third kappa shape index (κ3) is 2.61. The molecule has 4 rings (SSSR count). The molecule has 3 aromatic rings. The molecular formula is C17H16ClN3O4. The standard InChI is InChI=1S/C17H16ClN3O4/c18-10-6-21(17-15(24)14(23)11(7-22)25-17)16-12(10)13(19-8-20-16)9-4-2-1-3-5-9/h1-6,8,11,14-15,17,22-24H,7H2/t11-,14-,15?,17-/m1/s1. The van der Waals surface area contributed by atoms with Crippen LogP contribution in [0.15, 0.2) is 42.9 Å². The van der Waals surface area contributed by atoms with Gasteiger partial charge in [-0.05, 0) is 0 Å². The summed E-state index contributed by atoms with van der Waals surface area (Å²) in [7, 11) is 0. The molecule has 0 spiro atoms. The molecule has 1 aliphatic heterocycles. The zero-order chi connectivity index (χ0) is 17.6. The van der Waals surface area contributed by atoms with Gasteiger partial charge in [0.15, 0.2) is 6.23 Å². The van der Waals surface area contributed by atoms with E-state index in [9.17, 15) is 15.3 Å². The minimum atomic E-state index is -1.21. The van der Waals surface area contributed by atoms with Gasteiger partial charge in [-0.1, -0.05) is 41.9 Å². The second-order valence-corrected chi connectivity index (χ2v) is 6.31. The van der Waals surface area contributed by atoms with Crippen molar-refractivity contribution in [2.75, 3.05) is 6.61 Å². The van der Waals surface area contributed by atoms with Gasteiger partial charge in [-0.2, -0.15) is 0 Å². The molecule has 8 heteroatoms. The maximum absolute atomic E-state index is 10.3. The molecule has 2 aromatic heterocycles. The molecule has 3 N–H and O–H groups in total. The van der Waals surface area contributed by atoms with E-state index in [1.807, 2.05) is 30.3 Å². The second-order valence-electron chi connectivity index (χ2n) is 5.90. The predicted octanol–water partition coefficient (Wildman–Crippen LogP) is 1.36. The molecule has 1 unspecified atom stereocenters. The molecule has 3 heterocycles. The molecule has 25 heavy (non-hydrogen) atoms. The minimum absolute atomic E-state index is 0.397. The molecule has 0 aliphatic carbocycles. The van der Waals surface area contributed by atoms with Crippen LogP contribution in [-0.2, 0) is 4.74 Å². The Morgan fingerprint density at radius 1 is 1.12 bits per heavy atom. The molecule has 0 radical (unpaired) electrons. The highest BCUT2D eigenvalue weighted by Crippen LogP contribution is 2.37. The van der Waals surface area contributed by atoms with E-state index in [-0.39, 0.29) is 0 Å².